The van der Waals surface area contributed by atoms with Gasteiger partial charge in [0.05, 0.1) is 13.2 Å². The second-order valence-corrected chi connectivity index (χ2v) is 5.88. The Morgan fingerprint density at radius 1 is 1.22 bits per heavy atom. The van der Waals surface area contributed by atoms with E-state index in [-0.39, 0.29) is 24.3 Å². The third-order valence-electron chi connectivity index (χ3n) is 2.24. The Labute approximate surface area is 109 Å². The summed E-state index contributed by atoms with van der Waals surface area (Å²) in [5, 5.41) is 18.0. The zero-order valence-corrected chi connectivity index (χ0v) is 12.2. The summed E-state index contributed by atoms with van der Waals surface area (Å²) in [6.45, 7) is 5.75. The van der Waals surface area contributed by atoms with E-state index < -0.39 is 7.60 Å². The van der Waals surface area contributed by atoms with Gasteiger partial charge in [-0.05, 0) is 19.8 Å². The van der Waals surface area contributed by atoms with E-state index in [0.717, 1.165) is 25.7 Å². The number of aliphatic hydroxyl groups excluding tert-OH is 1. The van der Waals surface area contributed by atoms with E-state index in [2.05, 4.69) is 0 Å². The minimum atomic E-state index is -3.68. The van der Waals surface area contributed by atoms with E-state index in [0.29, 0.717) is 0 Å². The maximum atomic E-state index is 12.5. The van der Waals surface area contributed by atoms with Gasteiger partial charge in [0.15, 0.2) is 5.31 Å². The van der Waals surface area contributed by atoms with Gasteiger partial charge >= 0.3 is 7.60 Å². The summed E-state index contributed by atoms with van der Waals surface area (Å²) in [6, 6.07) is 1.71. The number of aliphatic hydroxyl groups is 1. The first-order chi connectivity index (χ1) is 8.51. The van der Waals surface area contributed by atoms with Crippen molar-refractivity contribution < 1.29 is 18.7 Å². The fraction of sp³-hybridized carbons (Fsp3) is 0.750. The molecular weight excluding hydrogens is 253 g/mol. The molecular formula is C12H22NO4P. The number of nitrogens with zero attached hydrogens (tertiary/aromatic N) is 1. The second-order valence-electron chi connectivity index (χ2n) is 3.92. The highest BCUT2D eigenvalue weighted by Crippen LogP contribution is 2.56. The molecule has 0 aliphatic carbocycles. The molecule has 0 aromatic rings. The van der Waals surface area contributed by atoms with Crippen LogP contribution >= 0.6 is 7.60 Å². The van der Waals surface area contributed by atoms with Crippen molar-refractivity contribution in [2.24, 2.45) is 0 Å². The number of allylic oxidation sites excluding steroid dienone is 2. The summed E-state index contributed by atoms with van der Waals surface area (Å²) in [7, 11) is -3.68. The molecule has 18 heavy (non-hydrogen) atoms. The molecule has 0 spiro atoms. The monoisotopic (exact) mass is 275 g/mol. The Morgan fingerprint density at radius 3 is 1.94 bits per heavy atom. The zero-order chi connectivity index (χ0) is 14.0. The molecule has 0 saturated carbocycles. The highest BCUT2D eigenvalue weighted by Gasteiger charge is 2.32. The van der Waals surface area contributed by atoms with Crippen LogP contribution in [0.2, 0.25) is 0 Å². The van der Waals surface area contributed by atoms with Gasteiger partial charge in [0.2, 0.25) is 0 Å². The molecule has 1 N–H and O–H groups in total. The van der Waals surface area contributed by atoms with Crippen molar-refractivity contribution in [3.8, 4) is 6.07 Å². The number of rotatable bonds is 9. The Bertz CT molecular complexity index is 342. The van der Waals surface area contributed by atoms with Crippen LogP contribution in [0.1, 0.15) is 46.5 Å². The van der Waals surface area contributed by atoms with Crippen molar-refractivity contribution in [2.45, 2.75) is 46.5 Å². The topological polar surface area (TPSA) is 79.5 Å². The van der Waals surface area contributed by atoms with Gasteiger partial charge in [-0.15, -0.1) is 0 Å². The van der Waals surface area contributed by atoms with Crippen molar-refractivity contribution in [3.05, 3.63) is 11.1 Å². The molecule has 0 saturated heterocycles. The molecule has 0 rings (SSSR count). The summed E-state index contributed by atoms with van der Waals surface area (Å²) in [4.78, 5) is 0. The molecule has 0 aliphatic rings. The summed E-state index contributed by atoms with van der Waals surface area (Å²) in [6.07, 6.45) is 3.23. The Balaban J connectivity index is 4.86. The molecule has 0 fully saturated rings. The van der Waals surface area contributed by atoms with Crippen LogP contribution in [0.5, 0.6) is 0 Å². The van der Waals surface area contributed by atoms with Gasteiger partial charge in [-0.1, -0.05) is 26.7 Å². The van der Waals surface area contributed by atoms with E-state index in [1.54, 1.807) is 6.07 Å². The maximum Gasteiger partial charge on any atom is 0.375 e. The van der Waals surface area contributed by atoms with Gasteiger partial charge in [0.25, 0.3) is 0 Å². The molecule has 0 atom stereocenters. The fourth-order valence-corrected chi connectivity index (χ4v) is 2.76. The highest BCUT2D eigenvalue weighted by atomic mass is 31.2. The Kier molecular flexibility index (Phi) is 8.74. The smallest absolute Gasteiger partial charge is 0.375 e. The average Bonchev–Trinajstić information content (AvgIpc) is 2.30. The molecule has 0 aromatic carbocycles. The Morgan fingerprint density at radius 2 is 1.67 bits per heavy atom. The predicted octanol–water partition coefficient (Wildman–Crippen LogP) is 4.13. The van der Waals surface area contributed by atoms with Crippen molar-refractivity contribution in [1.29, 1.82) is 5.26 Å². The lowest BCUT2D eigenvalue weighted by Gasteiger charge is -2.17. The third-order valence-corrected chi connectivity index (χ3v) is 4.26. The molecule has 6 heteroatoms. The van der Waals surface area contributed by atoms with E-state index in [4.69, 9.17) is 14.3 Å². The minimum Gasteiger partial charge on any atom is -0.511 e. The van der Waals surface area contributed by atoms with E-state index in [1.165, 1.54) is 6.92 Å². The molecule has 5 nitrogen and oxygen atoms in total. The number of hydrogen-bond acceptors (Lipinski definition) is 5. The van der Waals surface area contributed by atoms with Crippen LogP contribution in [0, 0.1) is 11.3 Å². The average molecular weight is 275 g/mol. The van der Waals surface area contributed by atoms with Crippen molar-refractivity contribution in [1.82, 2.24) is 0 Å². The summed E-state index contributed by atoms with van der Waals surface area (Å²) >= 11 is 0. The molecule has 0 bridgehead atoms. The largest absolute Gasteiger partial charge is 0.511 e. The van der Waals surface area contributed by atoms with E-state index >= 15 is 0 Å². The minimum absolute atomic E-state index is 0.248. The van der Waals surface area contributed by atoms with Crippen molar-refractivity contribution >= 4 is 7.60 Å². The summed E-state index contributed by atoms with van der Waals surface area (Å²) in [5.41, 5.74) is 0. The van der Waals surface area contributed by atoms with Crippen molar-refractivity contribution in [2.75, 3.05) is 13.2 Å². The number of nitriles is 1. The quantitative estimate of drug-likeness (QED) is 0.296. The zero-order valence-electron chi connectivity index (χ0n) is 11.3. The SMILES string of the molecule is CCCCOP(=O)(OCCCC)/C(C#N)=C(/C)O. The van der Waals surface area contributed by atoms with Gasteiger partial charge in [-0.25, -0.2) is 0 Å². The lowest BCUT2D eigenvalue weighted by atomic mass is 10.4. The van der Waals surface area contributed by atoms with Crippen LogP contribution < -0.4 is 0 Å². The number of unbranched alkanes of at least 4 members (excludes halogenated alkanes) is 2. The normalized spacial score (nSPS) is 13.0. The first-order valence-electron chi connectivity index (χ1n) is 6.21. The van der Waals surface area contributed by atoms with Crippen LogP contribution in [-0.4, -0.2) is 18.3 Å². The third kappa shape index (κ3) is 5.68. The van der Waals surface area contributed by atoms with Crippen LogP contribution in [0.3, 0.4) is 0 Å². The fourth-order valence-electron chi connectivity index (χ4n) is 1.16. The van der Waals surface area contributed by atoms with Crippen LogP contribution in [0.4, 0.5) is 0 Å². The molecule has 0 aliphatic heterocycles. The maximum absolute atomic E-state index is 12.5. The van der Waals surface area contributed by atoms with Crippen LogP contribution in [0.25, 0.3) is 0 Å². The standard InChI is InChI=1S/C12H22NO4P/c1-4-6-8-16-18(15,17-9-7-5-2)12(10-13)11(3)14/h14H,4-9H2,1-3H3/b12-11-. The molecule has 0 heterocycles. The predicted molar refractivity (Wildman–Crippen MR) is 70.3 cm³/mol. The first kappa shape index (κ1) is 17.2. The molecule has 0 aromatic heterocycles. The van der Waals surface area contributed by atoms with Gasteiger partial charge in [0, 0.05) is 0 Å². The Hall–Kier alpha value is -0.820. The highest BCUT2D eigenvalue weighted by molar-refractivity contribution is 7.58. The molecule has 0 amide bonds. The van der Waals surface area contributed by atoms with Crippen LogP contribution in [0.15, 0.2) is 11.1 Å². The van der Waals surface area contributed by atoms with E-state index in [9.17, 15) is 9.67 Å². The lowest BCUT2D eigenvalue weighted by Crippen LogP contribution is -2.02. The van der Waals surface area contributed by atoms with Gasteiger partial charge in [-0.2, -0.15) is 5.26 Å². The molecule has 0 unspecified atom stereocenters. The molecule has 0 radical (unpaired) electrons. The lowest BCUT2D eigenvalue weighted by molar-refractivity contribution is 0.205. The summed E-state index contributed by atoms with van der Waals surface area (Å²) in [5.74, 6) is -0.311. The van der Waals surface area contributed by atoms with Gasteiger partial charge in [-0.3, -0.25) is 4.57 Å². The van der Waals surface area contributed by atoms with Gasteiger partial charge < -0.3 is 14.2 Å². The van der Waals surface area contributed by atoms with Gasteiger partial charge in [0.1, 0.15) is 11.8 Å². The van der Waals surface area contributed by atoms with E-state index in [1.807, 2.05) is 13.8 Å². The first-order valence-corrected chi connectivity index (χ1v) is 7.75. The van der Waals surface area contributed by atoms with Crippen molar-refractivity contribution in [3.63, 3.8) is 0 Å². The summed E-state index contributed by atoms with van der Waals surface area (Å²) < 4.78 is 22.9. The van der Waals surface area contributed by atoms with Crippen LogP contribution in [-0.2, 0) is 13.6 Å². The number of hydrogen-bond donors (Lipinski definition) is 1. The molecule has 104 valence electrons. The second kappa shape index (κ2) is 9.16.